The van der Waals surface area contributed by atoms with Gasteiger partial charge in [-0.15, -0.1) is 0 Å². The van der Waals surface area contributed by atoms with E-state index in [1.54, 1.807) is 42.5 Å². The topological polar surface area (TPSA) is 84.9 Å². The van der Waals surface area contributed by atoms with E-state index < -0.39 is 10.0 Å². The smallest absolute Gasteiger partial charge is 0.243 e. The van der Waals surface area contributed by atoms with E-state index in [-0.39, 0.29) is 16.7 Å². The molecule has 0 spiro atoms. The lowest BCUT2D eigenvalue weighted by molar-refractivity contribution is -0.120. The van der Waals surface area contributed by atoms with E-state index in [0.717, 1.165) is 11.3 Å². The number of hydrogen-bond acceptors (Lipinski definition) is 5. The molecule has 1 heterocycles. The van der Waals surface area contributed by atoms with Gasteiger partial charge in [0.15, 0.2) is 0 Å². The number of ether oxygens (including phenoxy) is 2. The summed E-state index contributed by atoms with van der Waals surface area (Å²) >= 11 is 0. The van der Waals surface area contributed by atoms with Gasteiger partial charge in [-0.3, -0.25) is 4.79 Å². The second kappa shape index (κ2) is 10.9. The van der Waals surface area contributed by atoms with Gasteiger partial charge in [0, 0.05) is 24.7 Å². The molecule has 8 heteroatoms. The van der Waals surface area contributed by atoms with Gasteiger partial charge in [0.2, 0.25) is 15.9 Å². The van der Waals surface area contributed by atoms with E-state index in [4.69, 9.17) is 9.47 Å². The van der Waals surface area contributed by atoms with E-state index in [1.165, 1.54) is 4.31 Å². The van der Waals surface area contributed by atoms with Crippen molar-refractivity contribution in [3.05, 3.63) is 78.4 Å². The van der Waals surface area contributed by atoms with Crippen molar-refractivity contribution in [1.29, 1.82) is 0 Å². The highest BCUT2D eigenvalue weighted by atomic mass is 32.2. The molecule has 0 saturated carbocycles. The first kappa shape index (κ1) is 24.8. The van der Waals surface area contributed by atoms with Crippen molar-refractivity contribution < 1.29 is 22.7 Å². The molecule has 7 nitrogen and oxygen atoms in total. The van der Waals surface area contributed by atoms with Crippen LogP contribution in [0.5, 0.6) is 17.2 Å². The number of carbonyl (C=O) groups is 1. The second-order valence-electron chi connectivity index (χ2n) is 8.47. The Bertz CT molecular complexity index is 1250. The third kappa shape index (κ3) is 6.01. The van der Waals surface area contributed by atoms with Crippen molar-refractivity contribution >= 4 is 21.6 Å². The number of aryl methyl sites for hydroxylation is 1. The summed E-state index contributed by atoms with van der Waals surface area (Å²) in [6.07, 6.45) is 0.937. The van der Waals surface area contributed by atoms with Crippen LogP contribution in [0.15, 0.2) is 77.7 Å². The molecule has 4 rings (SSSR count). The lowest BCUT2D eigenvalue weighted by Crippen LogP contribution is -2.41. The molecule has 1 aliphatic rings. The van der Waals surface area contributed by atoms with Gasteiger partial charge in [0.25, 0.3) is 0 Å². The summed E-state index contributed by atoms with van der Waals surface area (Å²) in [5, 5.41) is 2.94. The average Bonchev–Trinajstić information content (AvgIpc) is 2.87. The van der Waals surface area contributed by atoms with Crippen molar-refractivity contribution in [1.82, 2.24) is 4.31 Å². The minimum Gasteiger partial charge on any atom is -0.494 e. The van der Waals surface area contributed by atoms with Gasteiger partial charge in [-0.2, -0.15) is 4.31 Å². The van der Waals surface area contributed by atoms with Crippen LogP contribution in [0, 0.1) is 12.8 Å². The first-order valence-corrected chi connectivity index (χ1v) is 13.2. The zero-order chi connectivity index (χ0) is 24.8. The molecule has 3 aromatic carbocycles. The summed E-state index contributed by atoms with van der Waals surface area (Å²) in [5.41, 5.74) is 1.46. The number of para-hydroxylation sites is 1. The van der Waals surface area contributed by atoms with Crippen molar-refractivity contribution in [2.75, 3.05) is 25.0 Å². The van der Waals surface area contributed by atoms with Crippen molar-refractivity contribution in [3.8, 4) is 17.2 Å². The number of piperidine rings is 1. The average molecular weight is 495 g/mol. The molecule has 1 fully saturated rings. The Morgan fingerprint density at radius 1 is 0.971 bits per heavy atom. The Balaban J connectivity index is 1.32. The molecular formula is C27H30N2O5S. The quantitative estimate of drug-likeness (QED) is 0.464. The molecule has 0 bridgehead atoms. The molecule has 35 heavy (non-hydrogen) atoms. The maximum Gasteiger partial charge on any atom is 0.243 e. The molecule has 1 N–H and O–H groups in total. The van der Waals surface area contributed by atoms with Gasteiger partial charge in [-0.05, 0) is 86.8 Å². The number of sulfonamides is 1. The summed E-state index contributed by atoms with van der Waals surface area (Å²) in [4.78, 5) is 13.0. The predicted molar refractivity (Wildman–Crippen MR) is 135 cm³/mol. The highest BCUT2D eigenvalue weighted by Crippen LogP contribution is 2.28. The number of benzene rings is 3. The van der Waals surface area contributed by atoms with Crippen LogP contribution in [0.4, 0.5) is 5.69 Å². The zero-order valence-corrected chi connectivity index (χ0v) is 20.8. The summed E-state index contributed by atoms with van der Waals surface area (Å²) in [6, 6.07) is 21.6. The van der Waals surface area contributed by atoms with Crippen LogP contribution in [-0.4, -0.2) is 38.3 Å². The largest absolute Gasteiger partial charge is 0.494 e. The number of rotatable bonds is 8. The van der Waals surface area contributed by atoms with E-state index in [0.29, 0.717) is 49.7 Å². The molecule has 0 aromatic heterocycles. The minimum absolute atomic E-state index is 0.101. The Morgan fingerprint density at radius 2 is 1.63 bits per heavy atom. The van der Waals surface area contributed by atoms with Gasteiger partial charge >= 0.3 is 0 Å². The van der Waals surface area contributed by atoms with Gasteiger partial charge in [-0.25, -0.2) is 8.42 Å². The third-order valence-electron chi connectivity index (χ3n) is 6.01. The van der Waals surface area contributed by atoms with Gasteiger partial charge in [-0.1, -0.05) is 18.2 Å². The van der Waals surface area contributed by atoms with E-state index >= 15 is 0 Å². The van der Waals surface area contributed by atoms with Gasteiger partial charge in [0.05, 0.1) is 11.5 Å². The first-order chi connectivity index (χ1) is 16.9. The molecule has 1 amide bonds. The van der Waals surface area contributed by atoms with Crippen LogP contribution in [0.25, 0.3) is 0 Å². The first-order valence-electron chi connectivity index (χ1n) is 11.7. The third-order valence-corrected chi connectivity index (χ3v) is 7.90. The number of amides is 1. The second-order valence-corrected chi connectivity index (χ2v) is 10.4. The van der Waals surface area contributed by atoms with Gasteiger partial charge in [0.1, 0.15) is 17.2 Å². The van der Waals surface area contributed by atoms with Crippen LogP contribution in [0.2, 0.25) is 0 Å². The molecule has 0 radical (unpaired) electrons. The van der Waals surface area contributed by atoms with Gasteiger partial charge < -0.3 is 14.8 Å². The monoisotopic (exact) mass is 494 g/mol. The predicted octanol–water partition coefficient (Wildman–Crippen LogP) is 5.23. The summed E-state index contributed by atoms with van der Waals surface area (Å²) in [7, 11) is -3.62. The Morgan fingerprint density at radius 3 is 2.26 bits per heavy atom. The van der Waals surface area contributed by atoms with Crippen LogP contribution in [0.3, 0.4) is 0 Å². The van der Waals surface area contributed by atoms with Crippen molar-refractivity contribution in [3.63, 3.8) is 0 Å². The van der Waals surface area contributed by atoms with E-state index in [1.807, 2.05) is 44.2 Å². The fourth-order valence-corrected chi connectivity index (χ4v) is 5.64. The molecule has 3 aromatic rings. The van der Waals surface area contributed by atoms with E-state index in [2.05, 4.69) is 5.32 Å². The molecule has 1 saturated heterocycles. The Kier molecular flexibility index (Phi) is 7.73. The Hall–Kier alpha value is -3.36. The lowest BCUT2D eigenvalue weighted by Gasteiger charge is -2.30. The molecule has 0 atom stereocenters. The summed E-state index contributed by atoms with van der Waals surface area (Å²) < 4.78 is 39.0. The molecule has 184 valence electrons. The van der Waals surface area contributed by atoms with Crippen LogP contribution < -0.4 is 14.8 Å². The molecular weight excluding hydrogens is 464 g/mol. The van der Waals surface area contributed by atoms with E-state index in [9.17, 15) is 13.2 Å². The number of nitrogens with zero attached hydrogens (tertiary/aromatic N) is 1. The molecule has 0 unspecified atom stereocenters. The lowest BCUT2D eigenvalue weighted by atomic mass is 9.97. The normalized spacial score (nSPS) is 14.9. The highest BCUT2D eigenvalue weighted by Gasteiger charge is 2.32. The summed E-state index contributed by atoms with van der Waals surface area (Å²) in [5.74, 6) is 1.75. The van der Waals surface area contributed by atoms with Crippen LogP contribution in [0.1, 0.15) is 25.3 Å². The molecule has 0 aliphatic carbocycles. The maximum absolute atomic E-state index is 13.1. The fourth-order valence-electron chi connectivity index (χ4n) is 4.08. The van der Waals surface area contributed by atoms with Crippen molar-refractivity contribution in [2.45, 2.75) is 31.6 Å². The number of nitrogens with one attached hydrogen (secondary N) is 1. The summed E-state index contributed by atoms with van der Waals surface area (Å²) in [6.45, 7) is 4.85. The van der Waals surface area contributed by atoms with Crippen LogP contribution in [-0.2, 0) is 14.8 Å². The fraction of sp³-hybridized carbons (Fsp3) is 0.296. The maximum atomic E-state index is 13.1. The zero-order valence-electron chi connectivity index (χ0n) is 19.9. The van der Waals surface area contributed by atoms with Crippen molar-refractivity contribution in [2.24, 2.45) is 5.92 Å². The standard InChI is InChI=1S/C27H30N2O5S/c1-3-33-26-14-13-25(19-20(26)2)35(31,32)29-17-15-21(16-18-29)27(30)28-22-9-11-24(12-10-22)34-23-7-5-4-6-8-23/h4-14,19,21H,3,15-18H2,1-2H3,(H,28,30). The minimum atomic E-state index is -3.62. The molecule has 1 aliphatic heterocycles. The highest BCUT2D eigenvalue weighted by molar-refractivity contribution is 7.89. The SMILES string of the molecule is CCOc1ccc(S(=O)(=O)N2CCC(C(=O)Nc3ccc(Oc4ccccc4)cc3)CC2)cc1C. The number of hydrogen-bond donors (Lipinski definition) is 1. The van der Waals surface area contributed by atoms with Crippen LogP contribution >= 0.6 is 0 Å². The number of anilines is 1. The number of carbonyl (C=O) groups excluding carboxylic acids is 1. The Labute approximate surface area is 206 Å².